The molecular weight excluding hydrogens is 220 g/mol. The van der Waals surface area contributed by atoms with Crippen LogP contribution in [0.25, 0.3) is 0 Å². The minimum absolute atomic E-state index is 0.178. The number of pyridine rings is 1. The molecule has 0 saturated heterocycles. The number of anilines is 1. The Balaban J connectivity index is 2.45. The van der Waals surface area contributed by atoms with Crippen molar-refractivity contribution >= 4 is 17.4 Å². The van der Waals surface area contributed by atoms with Crippen molar-refractivity contribution in [2.45, 2.75) is 39.0 Å². The Labute approximate surface area is 103 Å². The van der Waals surface area contributed by atoms with Gasteiger partial charge in [0.05, 0.1) is 5.38 Å². The maximum Gasteiger partial charge on any atom is 0.126 e. The number of aromatic nitrogens is 1. The van der Waals surface area contributed by atoms with Gasteiger partial charge in [0.2, 0.25) is 0 Å². The van der Waals surface area contributed by atoms with Gasteiger partial charge in [-0.3, -0.25) is 0 Å². The summed E-state index contributed by atoms with van der Waals surface area (Å²) in [5.41, 5.74) is 1.21. The first kappa shape index (κ1) is 13.3. The molecule has 90 valence electrons. The van der Waals surface area contributed by atoms with Crippen LogP contribution in [0.2, 0.25) is 0 Å². The Morgan fingerprint density at radius 2 is 2.06 bits per heavy atom. The van der Waals surface area contributed by atoms with Crippen LogP contribution in [0.4, 0.5) is 5.82 Å². The minimum atomic E-state index is 0.178. The van der Waals surface area contributed by atoms with Crippen LogP contribution in [0.15, 0.2) is 18.3 Å². The highest BCUT2D eigenvalue weighted by atomic mass is 35.5. The molecule has 16 heavy (non-hydrogen) atoms. The van der Waals surface area contributed by atoms with Gasteiger partial charge in [-0.05, 0) is 30.5 Å². The van der Waals surface area contributed by atoms with E-state index in [0.717, 1.165) is 25.2 Å². The largest absolute Gasteiger partial charge is 0.369 e. The summed E-state index contributed by atoms with van der Waals surface area (Å²) in [5.74, 6) is 1.50. The van der Waals surface area contributed by atoms with Crippen LogP contribution in [-0.2, 0) is 0 Å². The fourth-order valence-electron chi connectivity index (χ4n) is 1.80. The maximum atomic E-state index is 6.35. The van der Waals surface area contributed by atoms with Crippen LogP contribution in [-0.4, -0.2) is 16.9 Å². The topological polar surface area (TPSA) is 24.9 Å². The lowest BCUT2D eigenvalue weighted by molar-refractivity contribution is 0.475. The third-order valence-corrected chi connectivity index (χ3v) is 3.46. The van der Waals surface area contributed by atoms with Crippen molar-refractivity contribution < 1.29 is 0 Å². The molecule has 0 fully saturated rings. The molecule has 1 atom stereocenters. The Morgan fingerprint density at radius 3 is 2.62 bits per heavy atom. The zero-order chi connectivity index (χ0) is 12.0. The number of rotatable bonds is 6. The van der Waals surface area contributed by atoms with E-state index in [-0.39, 0.29) is 5.38 Å². The molecule has 0 saturated carbocycles. The summed E-state index contributed by atoms with van der Waals surface area (Å²) < 4.78 is 0. The van der Waals surface area contributed by atoms with Crippen LogP contribution in [0, 0.1) is 12.8 Å². The zero-order valence-corrected chi connectivity index (χ0v) is 11.1. The molecule has 1 unspecified atom stereocenters. The average molecular weight is 241 g/mol. The van der Waals surface area contributed by atoms with E-state index in [0.29, 0.717) is 5.92 Å². The van der Waals surface area contributed by atoms with E-state index in [1.54, 1.807) is 0 Å². The van der Waals surface area contributed by atoms with Gasteiger partial charge in [0.1, 0.15) is 5.82 Å². The van der Waals surface area contributed by atoms with E-state index >= 15 is 0 Å². The molecule has 0 aliphatic carbocycles. The summed E-state index contributed by atoms with van der Waals surface area (Å²) >= 11 is 6.35. The standard InChI is InChI=1S/C13H21ClN2/c1-4-11(5-2)12(14)9-16-13-8-10(3)6-7-15-13/h6-8,11-12H,4-5,9H2,1-3H3,(H,15,16). The van der Waals surface area contributed by atoms with Gasteiger partial charge in [0, 0.05) is 12.7 Å². The highest BCUT2D eigenvalue weighted by Gasteiger charge is 2.15. The van der Waals surface area contributed by atoms with Gasteiger partial charge in [-0.1, -0.05) is 26.7 Å². The van der Waals surface area contributed by atoms with Crippen molar-refractivity contribution in [2.75, 3.05) is 11.9 Å². The molecule has 3 heteroatoms. The second-order valence-corrected chi connectivity index (χ2v) is 4.75. The van der Waals surface area contributed by atoms with Gasteiger partial charge in [-0.2, -0.15) is 0 Å². The number of nitrogens with one attached hydrogen (secondary N) is 1. The smallest absolute Gasteiger partial charge is 0.126 e. The Bertz CT molecular complexity index is 311. The van der Waals surface area contributed by atoms with E-state index in [9.17, 15) is 0 Å². The fourth-order valence-corrected chi connectivity index (χ4v) is 2.24. The lowest BCUT2D eigenvalue weighted by Crippen LogP contribution is -2.23. The van der Waals surface area contributed by atoms with Gasteiger partial charge in [-0.25, -0.2) is 4.98 Å². The summed E-state index contributed by atoms with van der Waals surface area (Å²) in [6, 6.07) is 4.03. The Hall–Kier alpha value is -0.760. The van der Waals surface area contributed by atoms with Crippen LogP contribution in [0.5, 0.6) is 0 Å². The summed E-state index contributed by atoms with van der Waals surface area (Å²) in [6.45, 7) is 7.22. The zero-order valence-electron chi connectivity index (χ0n) is 10.3. The van der Waals surface area contributed by atoms with E-state index in [2.05, 4.69) is 31.1 Å². The summed E-state index contributed by atoms with van der Waals surface area (Å²) in [4.78, 5) is 4.25. The first-order valence-corrected chi connectivity index (χ1v) is 6.41. The highest BCUT2D eigenvalue weighted by molar-refractivity contribution is 6.21. The normalized spacial score (nSPS) is 12.8. The van der Waals surface area contributed by atoms with E-state index < -0.39 is 0 Å². The molecule has 1 aromatic rings. The van der Waals surface area contributed by atoms with Crippen molar-refractivity contribution in [1.82, 2.24) is 4.98 Å². The van der Waals surface area contributed by atoms with Crippen molar-refractivity contribution in [3.63, 3.8) is 0 Å². The van der Waals surface area contributed by atoms with Crippen molar-refractivity contribution in [3.05, 3.63) is 23.9 Å². The molecule has 1 aromatic heterocycles. The monoisotopic (exact) mass is 240 g/mol. The van der Waals surface area contributed by atoms with Gasteiger partial charge < -0.3 is 5.32 Å². The highest BCUT2D eigenvalue weighted by Crippen LogP contribution is 2.19. The lowest BCUT2D eigenvalue weighted by Gasteiger charge is -2.19. The second kappa shape index (κ2) is 6.74. The molecular formula is C13H21ClN2. The number of alkyl halides is 1. The second-order valence-electron chi connectivity index (χ2n) is 4.19. The molecule has 0 spiro atoms. The van der Waals surface area contributed by atoms with Crippen LogP contribution >= 0.6 is 11.6 Å². The van der Waals surface area contributed by atoms with E-state index in [4.69, 9.17) is 11.6 Å². The molecule has 2 nitrogen and oxygen atoms in total. The van der Waals surface area contributed by atoms with Crippen molar-refractivity contribution in [1.29, 1.82) is 0 Å². The Kier molecular flexibility index (Phi) is 5.61. The van der Waals surface area contributed by atoms with Gasteiger partial charge in [0.15, 0.2) is 0 Å². The molecule has 0 bridgehead atoms. The molecule has 0 radical (unpaired) electrons. The third-order valence-electron chi connectivity index (χ3n) is 2.95. The summed E-state index contributed by atoms with van der Waals surface area (Å²) in [5, 5.41) is 3.47. The van der Waals surface area contributed by atoms with Crippen molar-refractivity contribution in [3.8, 4) is 0 Å². The Morgan fingerprint density at radius 1 is 1.38 bits per heavy atom. The van der Waals surface area contributed by atoms with Crippen molar-refractivity contribution in [2.24, 2.45) is 5.92 Å². The molecule has 1 N–H and O–H groups in total. The lowest BCUT2D eigenvalue weighted by atomic mass is 9.99. The summed E-state index contributed by atoms with van der Waals surface area (Å²) in [7, 11) is 0. The SMILES string of the molecule is CCC(CC)C(Cl)CNc1cc(C)ccn1. The molecule has 0 aliphatic heterocycles. The van der Waals surface area contributed by atoms with Gasteiger partial charge in [-0.15, -0.1) is 11.6 Å². The first-order valence-electron chi connectivity index (χ1n) is 5.98. The predicted molar refractivity (Wildman–Crippen MR) is 71.2 cm³/mol. The minimum Gasteiger partial charge on any atom is -0.369 e. The third kappa shape index (κ3) is 4.01. The fraction of sp³-hybridized carbons (Fsp3) is 0.615. The average Bonchev–Trinajstić information content (AvgIpc) is 2.28. The van der Waals surface area contributed by atoms with E-state index in [1.165, 1.54) is 5.56 Å². The van der Waals surface area contributed by atoms with Crippen LogP contribution in [0.1, 0.15) is 32.3 Å². The van der Waals surface area contributed by atoms with E-state index in [1.807, 2.05) is 18.3 Å². The first-order chi connectivity index (χ1) is 7.67. The summed E-state index contributed by atoms with van der Waals surface area (Å²) in [6.07, 6.45) is 4.08. The van der Waals surface area contributed by atoms with Gasteiger partial charge >= 0.3 is 0 Å². The number of hydrogen-bond donors (Lipinski definition) is 1. The van der Waals surface area contributed by atoms with Crippen LogP contribution < -0.4 is 5.32 Å². The quantitative estimate of drug-likeness (QED) is 0.765. The number of halogens is 1. The molecule has 1 heterocycles. The molecule has 1 rings (SSSR count). The van der Waals surface area contributed by atoms with Gasteiger partial charge in [0.25, 0.3) is 0 Å². The molecule has 0 aromatic carbocycles. The molecule has 0 aliphatic rings. The number of aryl methyl sites for hydroxylation is 1. The molecule has 0 amide bonds. The number of hydrogen-bond acceptors (Lipinski definition) is 2. The predicted octanol–water partition coefficient (Wildman–Crippen LogP) is 3.85. The number of nitrogens with zero attached hydrogens (tertiary/aromatic N) is 1. The van der Waals surface area contributed by atoms with Crippen LogP contribution in [0.3, 0.4) is 0 Å². The maximum absolute atomic E-state index is 6.35.